The Hall–Kier alpha value is -5.00. The monoisotopic (exact) mass is 734 g/mol. The average Bonchev–Trinajstić information content (AvgIpc) is 3.91. The highest BCUT2D eigenvalue weighted by atomic mass is 32.1. The van der Waals surface area contributed by atoms with Crippen molar-refractivity contribution in [3.63, 3.8) is 0 Å². The van der Waals surface area contributed by atoms with E-state index in [4.69, 9.17) is 18.9 Å². The van der Waals surface area contributed by atoms with E-state index in [1.165, 1.54) is 0 Å². The Balaban J connectivity index is 1.08. The van der Waals surface area contributed by atoms with Crippen molar-refractivity contribution in [2.24, 2.45) is 0 Å². The van der Waals surface area contributed by atoms with Crippen molar-refractivity contribution in [1.82, 2.24) is 10.6 Å². The normalized spacial score (nSPS) is 13.8. The van der Waals surface area contributed by atoms with Crippen LogP contribution in [0.3, 0.4) is 0 Å². The van der Waals surface area contributed by atoms with Gasteiger partial charge in [-0.15, -0.1) is 22.7 Å². The molecular weight excluding hydrogens is 693 g/mol. The molecule has 2 N–H and O–H groups in total. The third-order valence-electron chi connectivity index (χ3n) is 8.84. The second-order valence-electron chi connectivity index (χ2n) is 12.3. The first-order valence-electron chi connectivity index (χ1n) is 17.1. The first-order chi connectivity index (χ1) is 25.3. The van der Waals surface area contributed by atoms with Gasteiger partial charge in [-0.1, -0.05) is 72.8 Å². The Morgan fingerprint density at radius 2 is 0.981 bits per heavy atom. The second-order valence-corrected chi connectivity index (χ2v) is 14.3. The Kier molecular flexibility index (Phi) is 12.4. The van der Waals surface area contributed by atoms with E-state index in [9.17, 15) is 9.59 Å². The molecule has 2 heterocycles. The molecule has 0 fully saturated rings. The van der Waals surface area contributed by atoms with Gasteiger partial charge < -0.3 is 18.9 Å². The third-order valence-corrected chi connectivity index (χ3v) is 10.8. The minimum atomic E-state index is -0.691. The van der Waals surface area contributed by atoms with Gasteiger partial charge in [-0.05, 0) is 84.9 Å². The van der Waals surface area contributed by atoms with Gasteiger partial charge in [-0.25, -0.2) is 9.59 Å². The van der Waals surface area contributed by atoms with Crippen LogP contribution < -0.4 is 20.1 Å². The van der Waals surface area contributed by atoms with E-state index in [0.29, 0.717) is 12.8 Å². The van der Waals surface area contributed by atoms with Crippen LogP contribution in [0.1, 0.15) is 45.9 Å². The largest absolute Gasteiger partial charge is 0.484 e. The molecule has 6 aromatic rings. The Bertz CT molecular complexity index is 1980. The molecule has 0 spiro atoms. The van der Waals surface area contributed by atoms with E-state index >= 15 is 0 Å². The molecule has 10 heteroatoms. The summed E-state index contributed by atoms with van der Waals surface area (Å²) in [5.41, 5.74) is 2.33. The predicted molar refractivity (Wildman–Crippen MR) is 209 cm³/mol. The molecule has 0 radical (unpaired) electrons. The molecule has 0 aliphatic heterocycles. The van der Waals surface area contributed by atoms with Crippen LogP contribution in [0.25, 0.3) is 21.5 Å². The maximum Gasteiger partial charge on any atom is 0.332 e. The molecule has 4 aromatic carbocycles. The second kappa shape index (κ2) is 17.5. The van der Waals surface area contributed by atoms with Gasteiger partial charge in [0.25, 0.3) is 0 Å². The molecule has 0 aliphatic carbocycles. The lowest BCUT2D eigenvalue weighted by atomic mass is 10.0. The van der Waals surface area contributed by atoms with Gasteiger partial charge in [0.2, 0.25) is 0 Å². The van der Waals surface area contributed by atoms with Gasteiger partial charge in [0.05, 0.1) is 0 Å². The lowest BCUT2D eigenvalue weighted by Crippen LogP contribution is -2.34. The van der Waals surface area contributed by atoms with E-state index in [0.717, 1.165) is 66.1 Å². The Labute approximate surface area is 312 Å². The van der Waals surface area contributed by atoms with Crippen molar-refractivity contribution in [3.05, 3.63) is 141 Å². The minimum absolute atomic E-state index is 0.339. The number of esters is 2. The number of rotatable bonds is 16. The quantitative estimate of drug-likeness (QED) is 0.0578. The van der Waals surface area contributed by atoms with Crippen molar-refractivity contribution in [1.29, 1.82) is 0 Å². The number of hydrogen-bond donors (Lipinski definition) is 2. The first-order valence-corrected chi connectivity index (χ1v) is 18.9. The SMILES string of the molecule is CNC(CC(Oc1ccc(C)c2ccccc12)c1cccs1)OC(=O)/C=C\C(=O)OC(CC(Oc1ccc(C)c2ccccc12)c1cccs1)NC. The zero-order valence-electron chi connectivity index (χ0n) is 29.5. The highest BCUT2D eigenvalue weighted by Crippen LogP contribution is 2.36. The fourth-order valence-corrected chi connectivity index (χ4v) is 7.62. The molecule has 4 atom stereocenters. The summed E-state index contributed by atoms with van der Waals surface area (Å²) in [5, 5.41) is 14.4. The molecule has 0 bridgehead atoms. The Morgan fingerprint density at radius 3 is 1.35 bits per heavy atom. The van der Waals surface area contributed by atoms with Crippen LogP contribution in [-0.4, -0.2) is 38.5 Å². The molecule has 0 aliphatic rings. The topological polar surface area (TPSA) is 95.1 Å². The van der Waals surface area contributed by atoms with Gasteiger partial charge in [0.1, 0.15) is 23.7 Å². The summed E-state index contributed by atoms with van der Waals surface area (Å²) < 4.78 is 24.6. The van der Waals surface area contributed by atoms with Gasteiger partial charge in [-0.2, -0.15) is 0 Å². The number of benzene rings is 4. The average molecular weight is 735 g/mol. The van der Waals surface area contributed by atoms with Crippen LogP contribution in [0.15, 0.2) is 120 Å². The molecule has 268 valence electrons. The van der Waals surface area contributed by atoms with E-state index < -0.39 is 36.6 Å². The number of nitrogens with one attached hydrogen (secondary N) is 2. The van der Waals surface area contributed by atoms with Gasteiger partial charge >= 0.3 is 11.9 Å². The third kappa shape index (κ3) is 9.07. The van der Waals surface area contributed by atoms with Crippen LogP contribution in [-0.2, 0) is 19.1 Å². The van der Waals surface area contributed by atoms with Gasteiger partial charge in [0, 0.05) is 45.5 Å². The summed E-state index contributed by atoms with van der Waals surface area (Å²) in [6, 6.07) is 32.2. The number of carbonyl (C=O) groups is 2. The maximum absolute atomic E-state index is 12.9. The molecule has 6 rings (SSSR count). The summed E-state index contributed by atoms with van der Waals surface area (Å²) in [7, 11) is 3.43. The predicted octanol–water partition coefficient (Wildman–Crippen LogP) is 9.19. The van der Waals surface area contributed by atoms with E-state index in [1.807, 2.05) is 95.7 Å². The lowest BCUT2D eigenvalue weighted by Gasteiger charge is -2.24. The number of hydrogen-bond acceptors (Lipinski definition) is 10. The van der Waals surface area contributed by atoms with Crippen LogP contribution in [0.2, 0.25) is 0 Å². The van der Waals surface area contributed by atoms with Gasteiger partial charge in [-0.3, -0.25) is 10.6 Å². The molecule has 4 unspecified atom stereocenters. The molecular formula is C42H42N2O6S2. The summed E-state index contributed by atoms with van der Waals surface area (Å²) >= 11 is 3.15. The number of fused-ring (bicyclic) bond motifs is 2. The fraction of sp³-hybridized carbons (Fsp3) is 0.238. The molecule has 0 amide bonds. The number of ether oxygens (including phenoxy) is 4. The van der Waals surface area contributed by atoms with Crippen LogP contribution >= 0.6 is 22.7 Å². The van der Waals surface area contributed by atoms with Crippen molar-refractivity contribution in [3.8, 4) is 11.5 Å². The molecule has 0 saturated heterocycles. The summed E-state index contributed by atoms with van der Waals surface area (Å²) in [6.45, 7) is 4.15. The van der Waals surface area contributed by atoms with Crippen LogP contribution in [0.4, 0.5) is 0 Å². The highest BCUT2D eigenvalue weighted by Gasteiger charge is 2.25. The van der Waals surface area contributed by atoms with Crippen molar-refractivity contribution in [2.45, 2.75) is 51.4 Å². The minimum Gasteiger partial charge on any atom is -0.484 e. The number of carbonyl (C=O) groups excluding carboxylic acids is 2. The van der Waals surface area contributed by atoms with Crippen LogP contribution in [0, 0.1) is 13.8 Å². The molecule has 8 nitrogen and oxygen atoms in total. The molecule has 2 aromatic heterocycles. The summed E-state index contributed by atoms with van der Waals surface area (Å²) in [6.07, 6.45) is 0.680. The lowest BCUT2D eigenvalue weighted by molar-refractivity contribution is -0.148. The zero-order chi connectivity index (χ0) is 36.5. The highest BCUT2D eigenvalue weighted by molar-refractivity contribution is 7.10. The van der Waals surface area contributed by atoms with E-state index in [1.54, 1.807) is 36.8 Å². The Morgan fingerprint density at radius 1 is 0.577 bits per heavy atom. The summed E-state index contributed by atoms with van der Waals surface area (Å²) in [4.78, 5) is 27.9. The first kappa shape index (κ1) is 36.8. The molecule has 0 saturated carbocycles. The van der Waals surface area contributed by atoms with E-state index in [2.05, 4.69) is 36.6 Å². The summed E-state index contributed by atoms with van der Waals surface area (Å²) in [5.74, 6) is 0.131. The fourth-order valence-electron chi connectivity index (χ4n) is 6.08. The van der Waals surface area contributed by atoms with E-state index in [-0.39, 0.29) is 0 Å². The number of aryl methyl sites for hydroxylation is 2. The standard InChI is InChI=1S/C42H42N2O6S2/c1-27-17-19-33(31-13-7-5-11-29(27)31)47-35(37-15-9-23-51-37)25-39(43-3)49-41(45)21-22-42(46)50-40(44-4)26-36(38-16-10-24-52-38)48-34-20-18-28(2)30-12-6-8-14-32(30)34/h5-24,35-36,39-40,43-44H,25-26H2,1-4H3/b22-21-. The van der Waals surface area contributed by atoms with Crippen molar-refractivity contribution < 1.29 is 28.5 Å². The molecule has 52 heavy (non-hydrogen) atoms. The van der Waals surface area contributed by atoms with Crippen LogP contribution in [0.5, 0.6) is 11.5 Å². The van der Waals surface area contributed by atoms with Crippen molar-refractivity contribution in [2.75, 3.05) is 14.1 Å². The smallest absolute Gasteiger partial charge is 0.332 e. The maximum atomic E-state index is 12.9. The van der Waals surface area contributed by atoms with Crippen molar-refractivity contribution >= 4 is 56.2 Å². The number of thiophene rings is 2. The van der Waals surface area contributed by atoms with Gasteiger partial charge in [0.15, 0.2) is 12.5 Å². The zero-order valence-corrected chi connectivity index (χ0v) is 31.2.